The van der Waals surface area contributed by atoms with Crippen LogP contribution in [0.3, 0.4) is 0 Å². The molecule has 18 heteroatoms. The number of anilines is 3. The Morgan fingerprint density at radius 1 is 0.847 bits per heavy atom. The largest absolute Gasteiger partial charge is 0.496 e. The zero-order chi connectivity index (χ0) is 51.0. The van der Waals surface area contributed by atoms with Crippen LogP contribution in [0.25, 0.3) is 0 Å². The van der Waals surface area contributed by atoms with Gasteiger partial charge in [0.25, 0.3) is 5.91 Å². The lowest BCUT2D eigenvalue weighted by Gasteiger charge is -2.40. The van der Waals surface area contributed by atoms with Crippen molar-refractivity contribution in [1.29, 1.82) is 0 Å². The summed E-state index contributed by atoms with van der Waals surface area (Å²) in [4.78, 5) is 91.1. The number of rotatable bonds is 28. The van der Waals surface area contributed by atoms with Gasteiger partial charge in [-0.3, -0.25) is 34.1 Å². The summed E-state index contributed by atoms with van der Waals surface area (Å²) < 4.78 is 23.8. The van der Waals surface area contributed by atoms with Crippen molar-refractivity contribution in [1.82, 2.24) is 20.2 Å². The lowest BCUT2D eigenvalue weighted by atomic mass is 10.0. The van der Waals surface area contributed by atoms with Crippen LogP contribution in [0.2, 0.25) is 0 Å². The van der Waals surface area contributed by atoms with E-state index in [0.717, 1.165) is 54.1 Å². The van der Waals surface area contributed by atoms with Crippen molar-refractivity contribution in [2.24, 2.45) is 0 Å². The minimum Gasteiger partial charge on any atom is -0.496 e. The number of benzene rings is 3. The number of aromatic nitrogens is 2. The molecule has 384 valence electrons. The number of ether oxygens (including phenoxy) is 4. The highest BCUT2D eigenvalue weighted by molar-refractivity contribution is 9.10. The number of unbranched alkanes of at least 4 members (excludes halogenated alkanes) is 5. The summed E-state index contributed by atoms with van der Waals surface area (Å²) in [5.74, 6) is 0.704. The van der Waals surface area contributed by atoms with Crippen LogP contribution in [0.4, 0.5) is 17.2 Å². The number of halogens is 1. The number of carbonyl (C=O) groups excluding carboxylic acids is 6. The van der Waals surface area contributed by atoms with Crippen LogP contribution in [0.15, 0.2) is 71.3 Å². The van der Waals surface area contributed by atoms with Gasteiger partial charge < -0.3 is 39.0 Å². The van der Waals surface area contributed by atoms with E-state index in [9.17, 15) is 28.8 Å². The lowest BCUT2D eigenvalue weighted by Crippen LogP contribution is -2.52. The fraction of sp³-hybridized carbons (Fsp3) is 0.481. The summed E-state index contributed by atoms with van der Waals surface area (Å²) in [5, 5.41) is 5.27. The van der Waals surface area contributed by atoms with E-state index in [-0.39, 0.29) is 54.8 Å². The number of hydrogen-bond donors (Lipinski definition) is 2. The number of likely N-dealkylation sites (N-methyl/N-ethyl adjacent to an activating group) is 1. The zero-order valence-electron chi connectivity index (χ0n) is 41.6. The first-order chi connectivity index (χ1) is 34.9. The van der Waals surface area contributed by atoms with Crippen molar-refractivity contribution in [3.8, 4) is 5.75 Å². The Morgan fingerprint density at radius 2 is 1.56 bits per heavy atom. The average Bonchev–Trinajstić information content (AvgIpc) is 3.71. The Hall–Kier alpha value is -6.08. The first-order valence-electron chi connectivity index (χ1n) is 25.1. The Bertz CT molecular complexity index is 2560. The van der Waals surface area contributed by atoms with Crippen molar-refractivity contribution >= 4 is 68.4 Å². The summed E-state index contributed by atoms with van der Waals surface area (Å²) in [7, 11) is 3.35. The van der Waals surface area contributed by atoms with Gasteiger partial charge >= 0.3 is 0 Å². The van der Waals surface area contributed by atoms with Gasteiger partial charge in [0.15, 0.2) is 11.6 Å². The van der Waals surface area contributed by atoms with Gasteiger partial charge in [-0.25, -0.2) is 9.97 Å². The van der Waals surface area contributed by atoms with Crippen LogP contribution in [-0.2, 0) is 52.9 Å². The Morgan fingerprint density at radius 3 is 2.28 bits per heavy atom. The molecule has 0 radical (unpaired) electrons. The molecule has 1 fully saturated rings. The van der Waals surface area contributed by atoms with Gasteiger partial charge in [0.05, 0.1) is 39.7 Å². The molecule has 2 atom stereocenters. The molecule has 1 aromatic heterocycles. The van der Waals surface area contributed by atoms with Gasteiger partial charge in [-0.15, -0.1) is 0 Å². The minimum absolute atomic E-state index is 0.000908. The molecule has 72 heavy (non-hydrogen) atoms. The summed E-state index contributed by atoms with van der Waals surface area (Å²) in [6.45, 7) is 5.69. The van der Waals surface area contributed by atoms with E-state index in [4.69, 9.17) is 23.9 Å². The number of Topliss-reactive ketones (excluding diaryl/α,β-unsaturated/α-hetero) is 1. The Kier molecular flexibility index (Phi) is 19.8. The van der Waals surface area contributed by atoms with Crippen LogP contribution in [0, 0.1) is 0 Å². The van der Waals surface area contributed by atoms with Crippen molar-refractivity contribution in [2.45, 2.75) is 116 Å². The molecule has 3 aliphatic heterocycles. The van der Waals surface area contributed by atoms with Gasteiger partial charge in [0.1, 0.15) is 29.3 Å². The van der Waals surface area contributed by atoms with E-state index in [1.807, 2.05) is 43.3 Å². The maximum atomic E-state index is 13.4. The predicted octanol–water partition coefficient (Wildman–Crippen LogP) is 7.74. The van der Waals surface area contributed by atoms with E-state index in [1.165, 1.54) is 4.90 Å². The molecule has 4 heterocycles. The summed E-state index contributed by atoms with van der Waals surface area (Å²) >= 11 is 3.51. The molecule has 0 bridgehead atoms. The molecule has 1 saturated heterocycles. The van der Waals surface area contributed by atoms with Crippen LogP contribution in [0.1, 0.15) is 127 Å². The standard InChI is InChI=1S/C54H66BrN7O10/c1-4-43-54(68)60(2)45-33-56-48(58-51(45)61(43)34-36-17-21-39(55)22-18-36)32-38-20-19-37(31-47(38)69-3)46(63)15-12-26-71-28-30-72-29-27-70-25-10-8-6-5-7-9-16-49(64)57-42-14-11-13-40-41(42)35-62(53(40)67)44-23-24-50(65)59-52(44)66/h11,13-14,17-22,31,33,43-44H,4-10,12,15-16,23-30,32,34-35H2,1-3H3,(H,57,64)(H,59,65,66)/t43-,44?/m1/s1. The van der Waals surface area contributed by atoms with Crippen molar-refractivity contribution in [3.05, 3.63) is 105 Å². The number of imide groups is 1. The fourth-order valence-electron chi connectivity index (χ4n) is 9.29. The number of ketones is 1. The van der Waals surface area contributed by atoms with Crippen LogP contribution >= 0.6 is 15.9 Å². The monoisotopic (exact) mass is 1050 g/mol. The average molecular weight is 1050 g/mol. The molecule has 1 unspecified atom stereocenters. The van der Waals surface area contributed by atoms with E-state index < -0.39 is 11.9 Å². The molecule has 4 aromatic rings. The van der Waals surface area contributed by atoms with E-state index in [0.29, 0.717) is 124 Å². The molecular formula is C54H66BrN7O10. The molecular weight excluding hydrogens is 987 g/mol. The van der Waals surface area contributed by atoms with Crippen LogP contribution in [0.5, 0.6) is 5.75 Å². The highest BCUT2D eigenvalue weighted by Crippen LogP contribution is 2.37. The zero-order valence-corrected chi connectivity index (χ0v) is 43.1. The minimum atomic E-state index is -0.702. The van der Waals surface area contributed by atoms with E-state index in [2.05, 4.69) is 36.4 Å². The Balaban J connectivity index is 0.704. The molecule has 0 spiro atoms. The number of nitrogens with one attached hydrogen (secondary N) is 2. The molecule has 7 rings (SSSR count). The number of amides is 5. The third-order valence-corrected chi connectivity index (χ3v) is 13.8. The topological polar surface area (TPSA) is 199 Å². The number of carbonyl (C=O) groups is 6. The van der Waals surface area contributed by atoms with Gasteiger partial charge in [0, 0.05) is 91.4 Å². The second-order valence-corrected chi connectivity index (χ2v) is 19.2. The smallest absolute Gasteiger partial charge is 0.255 e. The maximum Gasteiger partial charge on any atom is 0.255 e. The molecule has 0 saturated carbocycles. The maximum absolute atomic E-state index is 13.4. The molecule has 3 aliphatic rings. The predicted molar refractivity (Wildman–Crippen MR) is 275 cm³/mol. The molecule has 17 nitrogen and oxygen atoms in total. The third-order valence-electron chi connectivity index (χ3n) is 13.3. The molecule has 3 aromatic carbocycles. The van der Waals surface area contributed by atoms with Crippen molar-refractivity contribution in [3.63, 3.8) is 0 Å². The molecule has 0 aliphatic carbocycles. The molecule has 5 amide bonds. The second kappa shape index (κ2) is 26.6. The van der Waals surface area contributed by atoms with Gasteiger partial charge in [-0.1, -0.05) is 78.9 Å². The highest BCUT2D eigenvalue weighted by atomic mass is 79.9. The first-order valence-corrected chi connectivity index (χ1v) is 25.9. The van der Waals surface area contributed by atoms with Gasteiger partial charge in [-0.2, -0.15) is 0 Å². The second-order valence-electron chi connectivity index (χ2n) is 18.3. The number of fused-ring (bicyclic) bond motifs is 2. The molecule has 2 N–H and O–H groups in total. The number of piperidine rings is 1. The van der Waals surface area contributed by atoms with E-state index >= 15 is 0 Å². The highest BCUT2D eigenvalue weighted by Gasteiger charge is 2.40. The lowest BCUT2D eigenvalue weighted by molar-refractivity contribution is -0.137. The quantitative estimate of drug-likeness (QED) is 0.0318. The van der Waals surface area contributed by atoms with Crippen molar-refractivity contribution in [2.75, 3.05) is 68.9 Å². The number of hydrogen-bond acceptors (Lipinski definition) is 13. The van der Waals surface area contributed by atoms with E-state index in [1.54, 1.807) is 49.5 Å². The van der Waals surface area contributed by atoms with Gasteiger partial charge in [-0.05, 0) is 68.0 Å². The third kappa shape index (κ3) is 14.1. The summed E-state index contributed by atoms with van der Waals surface area (Å²) in [6.07, 6.45) is 10.3. The Labute approximate surface area is 429 Å². The van der Waals surface area contributed by atoms with Gasteiger partial charge in [0.2, 0.25) is 23.6 Å². The normalized spacial score (nSPS) is 16.5. The SMILES string of the molecule is CC[C@@H]1C(=O)N(C)c2cnc(Cc3ccc(C(=O)CCCOCCOCCOCCCCCCCCC(=O)Nc4cccc5c4CN(C4CCC(=O)NC4=O)C5=O)cc3OC)nc2N1Cc1ccc(Br)cc1. The van der Waals surface area contributed by atoms with Crippen molar-refractivity contribution < 1.29 is 47.7 Å². The number of nitrogens with zero attached hydrogens (tertiary/aromatic N) is 5. The van der Waals surface area contributed by atoms with Crippen LogP contribution in [-0.4, -0.2) is 116 Å². The summed E-state index contributed by atoms with van der Waals surface area (Å²) in [5.41, 5.74) is 4.88. The first kappa shape index (κ1) is 53.7. The van der Waals surface area contributed by atoms with Crippen LogP contribution < -0.4 is 25.2 Å². The fourth-order valence-corrected chi connectivity index (χ4v) is 9.56. The number of methoxy groups -OCH3 is 1. The summed E-state index contributed by atoms with van der Waals surface area (Å²) in [6, 6.07) is 17.7.